The first-order valence-electron chi connectivity index (χ1n) is 4.01. The van der Waals surface area contributed by atoms with Crippen LogP contribution in [-0.2, 0) is 5.41 Å². The molecule has 0 aliphatic heterocycles. The molecule has 1 aromatic heterocycles. The first kappa shape index (κ1) is 8.97. The highest BCUT2D eigenvalue weighted by atomic mass is 14.9. The van der Waals surface area contributed by atoms with Gasteiger partial charge in [0.15, 0.2) is 0 Å². The summed E-state index contributed by atoms with van der Waals surface area (Å²) in [6.07, 6.45) is 1.74. The maximum atomic E-state index is 5.56. The Kier molecular flexibility index (Phi) is 2.04. The third-order valence-electron chi connectivity index (χ3n) is 1.75. The van der Waals surface area contributed by atoms with Crippen LogP contribution in [0.5, 0.6) is 0 Å². The standard InChI is InChI=1S/C9H15N3/c1-6-8(10)11-5-7(12-6)9(2,3)4/h5H,1-4H3,(H2,10,11). The minimum atomic E-state index is 0.0471. The summed E-state index contributed by atoms with van der Waals surface area (Å²) in [4.78, 5) is 8.42. The van der Waals surface area contributed by atoms with Crippen molar-refractivity contribution < 1.29 is 0 Å². The van der Waals surface area contributed by atoms with Gasteiger partial charge in [0.2, 0.25) is 0 Å². The van der Waals surface area contributed by atoms with Crippen LogP contribution in [-0.4, -0.2) is 9.97 Å². The fourth-order valence-corrected chi connectivity index (χ4v) is 0.852. The number of aryl methyl sites for hydroxylation is 1. The van der Waals surface area contributed by atoms with Crippen LogP contribution < -0.4 is 5.73 Å². The van der Waals surface area contributed by atoms with Crippen molar-refractivity contribution in [2.45, 2.75) is 33.1 Å². The van der Waals surface area contributed by atoms with Crippen molar-refractivity contribution in [3.05, 3.63) is 17.6 Å². The Morgan fingerprint density at radius 2 is 1.92 bits per heavy atom. The molecule has 0 unspecified atom stereocenters. The van der Waals surface area contributed by atoms with E-state index in [9.17, 15) is 0 Å². The topological polar surface area (TPSA) is 51.8 Å². The average Bonchev–Trinajstić information content (AvgIpc) is 1.92. The van der Waals surface area contributed by atoms with Gasteiger partial charge in [0.05, 0.1) is 17.6 Å². The lowest BCUT2D eigenvalue weighted by molar-refractivity contribution is 0.564. The lowest BCUT2D eigenvalue weighted by Gasteiger charge is -2.17. The van der Waals surface area contributed by atoms with E-state index in [1.54, 1.807) is 6.20 Å². The fraction of sp³-hybridized carbons (Fsp3) is 0.556. The molecule has 0 aromatic carbocycles. The molecule has 12 heavy (non-hydrogen) atoms. The Morgan fingerprint density at radius 3 is 2.33 bits per heavy atom. The van der Waals surface area contributed by atoms with Gasteiger partial charge in [-0.1, -0.05) is 20.8 Å². The highest BCUT2D eigenvalue weighted by molar-refractivity contribution is 5.33. The maximum absolute atomic E-state index is 5.56. The molecule has 1 heterocycles. The summed E-state index contributed by atoms with van der Waals surface area (Å²) < 4.78 is 0. The third-order valence-corrected chi connectivity index (χ3v) is 1.75. The highest BCUT2D eigenvalue weighted by Crippen LogP contribution is 2.20. The van der Waals surface area contributed by atoms with Crippen LogP contribution in [0.25, 0.3) is 0 Å². The molecule has 0 saturated carbocycles. The van der Waals surface area contributed by atoms with Crippen LogP contribution >= 0.6 is 0 Å². The first-order valence-corrected chi connectivity index (χ1v) is 4.01. The molecule has 0 aliphatic rings. The first-order chi connectivity index (χ1) is 5.41. The second-order valence-electron chi connectivity index (χ2n) is 3.98. The maximum Gasteiger partial charge on any atom is 0.144 e. The third kappa shape index (κ3) is 1.72. The SMILES string of the molecule is Cc1nc(C(C)(C)C)cnc1N. The van der Waals surface area contributed by atoms with E-state index in [-0.39, 0.29) is 5.41 Å². The van der Waals surface area contributed by atoms with Gasteiger partial charge in [-0.2, -0.15) is 0 Å². The van der Waals surface area contributed by atoms with Gasteiger partial charge in [-0.15, -0.1) is 0 Å². The predicted octanol–water partition coefficient (Wildman–Crippen LogP) is 1.66. The van der Waals surface area contributed by atoms with Gasteiger partial charge in [0.1, 0.15) is 5.82 Å². The Bertz CT molecular complexity index is 286. The van der Waals surface area contributed by atoms with E-state index in [1.807, 2.05) is 6.92 Å². The number of rotatable bonds is 0. The van der Waals surface area contributed by atoms with E-state index < -0.39 is 0 Å². The molecule has 2 N–H and O–H groups in total. The van der Waals surface area contributed by atoms with Gasteiger partial charge in [-0.3, -0.25) is 4.98 Å². The molecule has 1 aromatic rings. The van der Waals surface area contributed by atoms with Crippen molar-refractivity contribution in [2.24, 2.45) is 0 Å². The summed E-state index contributed by atoms with van der Waals surface area (Å²) in [5.74, 6) is 0.517. The molecular weight excluding hydrogens is 150 g/mol. The van der Waals surface area contributed by atoms with Gasteiger partial charge in [-0.25, -0.2) is 4.98 Å². The Morgan fingerprint density at radius 1 is 1.33 bits per heavy atom. The number of hydrogen-bond donors (Lipinski definition) is 1. The molecule has 66 valence electrons. The second-order valence-corrected chi connectivity index (χ2v) is 3.98. The molecule has 0 radical (unpaired) electrons. The fourth-order valence-electron chi connectivity index (χ4n) is 0.852. The van der Waals surface area contributed by atoms with Gasteiger partial charge >= 0.3 is 0 Å². The highest BCUT2D eigenvalue weighted by Gasteiger charge is 2.16. The zero-order valence-electron chi connectivity index (χ0n) is 8.05. The number of nitrogens with zero attached hydrogens (tertiary/aromatic N) is 2. The van der Waals surface area contributed by atoms with Crippen molar-refractivity contribution in [3.8, 4) is 0 Å². The molecule has 0 bridgehead atoms. The van der Waals surface area contributed by atoms with E-state index in [4.69, 9.17) is 5.73 Å². The van der Waals surface area contributed by atoms with Crippen LogP contribution in [0, 0.1) is 6.92 Å². The molecule has 0 saturated heterocycles. The minimum Gasteiger partial charge on any atom is -0.382 e. The number of aromatic nitrogens is 2. The summed E-state index contributed by atoms with van der Waals surface area (Å²) >= 11 is 0. The van der Waals surface area contributed by atoms with Crippen molar-refractivity contribution in [1.82, 2.24) is 9.97 Å². The summed E-state index contributed by atoms with van der Waals surface area (Å²) in [6.45, 7) is 8.18. The number of anilines is 1. The molecule has 1 rings (SSSR count). The molecule has 0 spiro atoms. The largest absolute Gasteiger partial charge is 0.382 e. The normalized spacial score (nSPS) is 11.7. The molecule has 3 nitrogen and oxygen atoms in total. The smallest absolute Gasteiger partial charge is 0.144 e. The monoisotopic (exact) mass is 165 g/mol. The minimum absolute atomic E-state index is 0.0471. The molecule has 0 amide bonds. The Balaban J connectivity index is 3.14. The van der Waals surface area contributed by atoms with Crippen LogP contribution in [0.4, 0.5) is 5.82 Å². The van der Waals surface area contributed by atoms with Crippen LogP contribution in [0.3, 0.4) is 0 Å². The van der Waals surface area contributed by atoms with E-state index in [2.05, 4.69) is 30.7 Å². The summed E-state index contributed by atoms with van der Waals surface area (Å²) in [6, 6.07) is 0. The lowest BCUT2D eigenvalue weighted by Crippen LogP contribution is -2.15. The number of hydrogen-bond acceptors (Lipinski definition) is 3. The lowest BCUT2D eigenvalue weighted by atomic mass is 9.92. The van der Waals surface area contributed by atoms with Crippen molar-refractivity contribution in [1.29, 1.82) is 0 Å². The molecule has 0 aliphatic carbocycles. The van der Waals surface area contributed by atoms with Gasteiger partial charge in [0, 0.05) is 5.41 Å². The Hall–Kier alpha value is -1.12. The van der Waals surface area contributed by atoms with Crippen molar-refractivity contribution in [3.63, 3.8) is 0 Å². The van der Waals surface area contributed by atoms with Gasteiger partial charge < -0.3 is 5.73 Å². The van der Waals surface area contributed by atoms with E-state index >= 15 is 0 Å². The van der Waals surface area contributed by atoms with Gasteiger partial charge in [0.25, 0.3) is 0 Å². The summed E-state index contributed by atoms with van der Waals surface area (Å²) in [5.41, 5.74) is 7.39. The summed E-state index contributed by atoms with van der Waals surface area (Å²) in [7, 11) is 0. The molecular formula is C9H15N3. The van der Waals surface area contributed by atoms with E-state index in [1.165, 1.54) is 0 Å². The predicted molar refractivity (Wildman–Crippen MR) is 49.9 cm³/mol. The zero-order chi connectivity index (χ0) is 9.35. The van der Waals surface area contributed by atoms with Crippen LogP contribution in [0.2, 0.25) is 0 Å². The quantitative estimate of drug-likeness (QED) is 0.636. The van der Waals surface area contributed by atoms with Crippen molar-refractivity contribution in [2.75, 3.05) is 5.73 Å². The van der Waals surface area contributed by atoms with Crippen molar-refractivity contribution >= 4 is 5.82 Å². The summed E-state index contributed by atoms with van der Waals surface area (Å²) in [5, 5.41) is 0. The van der Waals surface area contributed by atoms with E-state index in [0.717, 1.165) is 11.4 Å². The molecule has 3 heteroatoms. The Labute approximate surface area is 73.0 Å². The number of nitrogen functional groups attached to an aromatic ring is 1. The number of nitrogens with two attached hydrogens (primary N) is 1. The van der Waals surface area contributed by atoms with Crippen LogP contribution in [0.15, 0.2) is 6.20 Å². The van der Waals surface area contributed by atoms with Gasteiger partial charge in [-0.05, 0) is 6.92 Å². The molecule has 0 fully saturated rings. The zero-order valence-corrected chi connectivity index (χ0v) is 8.05. The molecule has 0 atom stereocenters. The second kappa shape index (κ2) is 2.73. The van der Waals surface area contributed by atoms with Crippen LogP contribution in [0.1, 0.15) is 32.2 Å². The average molecular weight is 165 g/mol. The van der Waals surface area contributed by atoms with E-state index in [0.29, 0.717) is 5.82 Å².